The predicted molar refractivity (Wildman–Crippen MR) is 83.8 cm³/mol. The molecule has 5 nitrogen and oxygen atoms in total. The van der Waals surface area contributed by atoms with Crippen LogP contribution in [0.2, 0.25) is 0 Å². The third kappa shape index (κ3) is 6.49. The van der Waals surface area contributed by atoms with Crippen molar-refractivity contribution in [2.45, 2.75) is 33.2 Å². The van der Waals surface area contributed by atoms with E-state index in [1.807, 2.05) is 25.1 Å². The van der Waals surface area contributed by atoms with E-state index in [1.165, 1.54) is 0 Å². The Kier molecular flexibility index (Phi) is 8.28. The SMILES string of the molecule is CCCNCc1ccc(OCCC(=O)NCC)c(OC)c1. The summed E-state index contributed by atoms with van der Waals surface area (Å²) in [5, 5.41) is 6.08. The maximum Gasteiger partial charge on any atom is 0.223 e. The molecule has 0 spiro atoms. The van der Waals surface area contributed by atoms with Crippen LogP contribution in [0.1, 0.15) is 32.3 Å². The largest absolute Gasteiger partial charge is 0.493 e. The van der Waals surface area contributed by atoms with Crippen LogP contribution in [0.5, 0.6) is 11.5 Å². The molecular formula is C16H26N2O3. The number of nitrogens with one attached hydrogen (secondary N) is 2. The third-order valence-electron chi connectivity index (χ3n) is 2.94. The van der Waals surface area contributed by atoms with Gasteiger partial charge in [-0.3, -0.25) is 4.79 Å². The first-order chi connectivity index (χ1) is 10.2. The van der Waals surface area contributed by atoms with Gasteiger partial charge in [0.25, 0.3) is 0 Å². The molecular weight excluding hydrogens is 268 g/mol. The van der Waals surface area contributed by atoms with Crippen LogP contribution in [0.15, 0.2) is 18.2 Å². The number of ether oxygens (including phenoxy) is 2. The summed E-state index contributed by atoms with van der Waals surface area (Å²) in [6, 6.07) is 5.86. The van der Waals surface area contributed by atoms with Crippen molar-refractivity contribution in [1.29, 1.82) is 0 Å². The highest BCUT2D eigenvalue weighted by Crippen LogP contribution is 2.28. The topological polar surface area (TPSA) is 59.6 Å². The molecule has 0 fully saturated rings. The molecule has 1 aromatic carbocycles. The molecule has 0 saturated heterocycles. The fourth-order valence-electron chi connectivity index (χ4n) is 1.89. The van der Waals surface area contributed by atoms with Gasteiger partial charge in [0.1, 0.15) is 0 Å². The van der Waals surface area contributed by atoms with Crippen molar-refractivity contribution in [2.75, 3.05) is 26.8 Å². The molecule has 21 heavy (non-hydrogen) atoms. The number of carbonyl (C=O) groups excluding carboxylic acids is 1. The van der Waals surface area contributed by atoms with E-state index in [2.05, 4.69) is 17.6 Å². The van der Waals surface area contributed by atoms with Crippen molar-refractivity contribution in [3.63, 3.8) is 0 Å². The highest BCUT2D eigenvalue weighted by atomic mass is 16.5. The first-order valence-electron chi connectivity index (χ1n) is 7.48. The van der Waals surface area contributed by atoms with Crippen LogP contribution in [-0.4, -0.2) is 32.7 Å². The summed E-state index contributed by atoms with van der Waals surface area (Å²) in [7, 11) is 1.62. The van der Waals surface area contributed by atoms with E-state index in [-0.39, 0.29) is 5.91 Å². The van der Waals surface area contributed by atoms with Gasteiger partial charge >= 0.3 is 0 Å². The molecule has 1 rings (SSSR count). The van der Waals surface area contributed by atoms with Gasteiger partial charge in [0, 0.05) is 13.1 Å². The number of hydrogen-bond acceptors (Lipinski definition) is 4. The van der Waals surface area contributed by atoms with Gasteiger partial charge in [-0.2, -0.15) is 0 Å². The van der Waals surface area contributed by atoms with Gasteiger partial charge in [-0.25, -0.2) is 0 Å². The summed E-state index contributed by atoms with van der Waals surface area (Å²) >= 11 is 0. The normalized spacial score (nSPS) is 10.2. The van der Waals surface area contributed by atoms with Crippen LogP contribution in [0.25, 0.3) is 0 Å². The van der Waals surface area contributed by atoms with Gasteiger partial charge in [-0.15, -0.1) is 0 Å². The zero-order chi connectivity index (χ0) is 15.5. The fraction of sp³-hybridized carbons (Fsp3) is 0.562. The van der Waals surface area contributed by atoms with Crippen molar-refractivity contribution >= 4 is 5.91 Å². The highest BCUT2D eigenvalue weighted by molar-refractivity contribution is 5.75. The first kappa shape index (κ1) is 17.3. The molecule has 0 unspecified atom stereocenters. The van der Waals surface area contributed by atoms with Crippen LogP contribution in [0, 0.1) is 0 Å². The van der Waals surface area contributed by atoms with Crippen molar-refractivity contribution < 1.29 is 14.3 Å². The van der Waals surface area contributed by atoms with Crippen molar-refractivity contribution in [3.05, 3.63) is 23.8 Å². The van der Waals surface area contributed by atoms with E-state index in [4.69, 9.17) is 9.47 Å². The van der Waals surface area contributed by atoms with Gasteiger partial charge in [0.05, 0.1) is 20.1 Å². The lowest BCUT2D eigenvalue weighted by Crippen LogP contribution is -2.24. The monoisotopic (exact) mass is 294 g/mol. The van der Waals surface area contributed by atoms with E-state index in [0.717, 1.165) is 25.1 Å². The average Bonchev–Trinajstić information content (AvgIpc) is 2.49. The van der Waals surface area contributed by atoms with Crippen LogP contribution in [0.4, 0.5) is 0 Å². The van der Waals surface area contributed by atoms with E-state index in [0.29, 0.717) is 31.1 Å². The minimum Gasteiger partial charge on any atom is -0.493 e. The minimum atomic E-state index is -0.00291. The average molecular weight is 294 g/mol. The van der Waals surface area contributed by atoms with Crippen LogP contribution < -0.4 is 20.1 Å². The molecule has 0 aromatic heterocycles. The molecule has 1 amide bonds. The summed E-state index contributed by atoms with van der Waals surface area (Å²) < 4.78 is 11.0. The summed E-state index contributed by atoms with van der Waals surface area (Å²) in [4.78, 5) is 11.4. The number of hydrogen-bond donors (Lipinski definition) is 2. The van der Waals surface area contributed by atoms with Gasteiger partial charge in [-0.05, 0) is 37.6 Å². The number of carbonyl (C=O) groups is 1. The van der Waals surface area contributed by atoms with Crippen molar-refractivity contribution in [2.24, 2.45) is 0 Å². The van der Waals surface area contributed by atoms with Crippen LogP contribution in [0.3, 0.4) is 0 Å². The Balaban J connectivity index is 2.52. The maximum atomic E-state index is 11.4. The Bertz CT molecular complexity index is 436. The molecule has 2 N–H and O–H groups in total. The smallest absolute Gasteiger partial charge is 0.223 e. The second-order valence-corrected chi connectivity index (χ2v) is 4.71. The first-order valence-corrected chi connectivity index (χ1v) is 7.48. The second-order valence-electron chi connectivity index (χ2n) is 4.71. The lowest BCUT2D eigenvalue weighted by atomic mass is 10.2. The van der Waals surface area contributed by atoms with E-state index >= 15 is 0 Å². The van der Waals surface area contributed by atoms with Gasteiger partial charge in [-0.1, -0.05) is 13.0 Å². The standard InChI is InChI=1S/C16H26N2O3/c1-4-9-17-12-13-6-7-14(15(11-13)20-3)21-10-8-16(19)18-5-2/h6-7,11,17H,4-5,8-10,12H2,1-3H3,(H,18,19). The summed E-state index contributed by atoms with van der Waals surface area (Å²) in [6.45, 7) is 6.82. The zero-order valence-corrected chi connectivity index (χ0v) is 13.2. The molecule has 0 heterocycles. The molecule has 0 aliphatic rings. The quantitative estimate of drug-likeness (QED) is 0.649. The fourth-order valence-corrected chi connectivity index (χ4v) is 1.89. The third-order valence-corrected chi connectivity index (χ3v) is 2.94. The van der Waals surface area contributed by atoms with Crippen LogP contribution >= 0.6 is 0 Å². The van der Waals surface area contributed by atoms with Crippen molar-refractivity contribution in [1.82, 2.24) is 10.6 Å². The predicted octanol–water partition coefficient (Wildman–Crippen LogP) is 2.10. The summed E-state index contributed by atoms with van der Waals surface area (Å²) in [5.41, 5.74) is 1.15. The van der Waals surface area contributed by atoms with Gasteiger partial charge in [0.15, 0.2) is 11.5 Å². The molecule has 0 aliphatic heterocycles. The number of amides is 1. The minimum absolute atomic E-state index is 0.00291. The molecule has 5 heteroatoms. The molecule has 0 radical (unpaired) electrons. The number of benzene rings is 1. The second kappa shape index (κ2) is 10.0. The number of methoxy groups -OCH3 is 1. The maximum absolute atomic E-state index is 11.4. The lowest BCUT2D eigenvalue weighted by Gasteiger charge is -2.12. The molecule has 118 valence electrons. The highest BCUT2D eigenvalue weighted by Gasteiger charge is 2.07. The lowest BCUT2D eigenvalue weighted by molar-refractivity contribution is -0.121. The van der Waals surface area contributed by atoms with Crippen molar-refractivity contribution in [3.8, 4) is 11.5 Å². The number of rotatable bonds is 10. The molecule has 1 aromatic rings. The Morgan fingerprint density at radius 2 is 2.05 bits per heavy atom. The molecule has 0 atom stereocenters. The molecule has 0 saturated carbocycles. The molecule has 0 aliphatic carbocycles. The van der Waals surface area contributed by atoms with Crippen LogP contribution in [-0.2, 0) is 11.3 Å². The zero-order valence-electron chi connectivity index (χ0n) is 13.2. The Morgan fingerprint density at radius 1 is 1.24 bits per heavy atom. The Morgan fingerprint density at radius 3 is 2.71 bits per heavy atom. The summed E-state index contributed by atoms with van der Waals surface area (Å²) in [6.07, 6.45) is 1.45. The molecule has 0 bridgehead atoms. The summed E-state index contributed by atoms with van der Waals surface area (Å²) in [5.74, 6) is 1.36. The van der Waals surface area contributed by atoms with E-state index < -0.39 is 0 Å². The Hall–Kier alpha value is -1.75. The Labute approximate surface area is 127 Å². The van der Waals surface area contributed by atoms with Gasteiger partial charge < -0.3 is 20.1 Å². The van der Waals surface area contributed by atoms with Gasteiger partial charge in [0.2, 0.25) is 5.91 Å². The van der Waals surface area contributed by atoms with E-state index in [1.54, 1.807) is 7.11 Å². The van der Waals surface area contributed by atoms with E-state index in [9.17, 15) is 4.79 Å².